The molecule has 0 radical (unpaired) electrons. The molecule has 0 spiro atoms. The highest BCUT2D eigenvalue weighted by atomic mass is 35.5. The predicted octanol–water partition coefficient (Wildman–Crippen LogP) is 5.84. The van der Waals surface area contributed by atoms with Crippen molar-refractivity contribution in [2.75, 3.05) is 31.1 Å². The van der Waals surface area contributed by atoms with Gasteiger partial charge in [-0.25, -0.2) is 8.78 Å². The first-order valence-electron chi connectivity index (χ1n) is 8.89. The van der Waals surface area contributed by atoms with Crippen LogP contribution in [-0.4, -0.2) is 31.2 Å². The molecule has 2 aromatic rings. The summed E-state index contributed by atoms with van der Waals surface area (Å²) in [7, 11) is 0. The van der Waals surface area contributed by atoms with E-state index in [-0.39, 0.29) is 43.0 Å². The van der Waals surface area contributed by atoms with E-state index in [1.165, 1.54) is 6.08 Å². The summed E-state index contributed by atoms with van der Waals surface area (Å²) in [6.45, 7) is 10.2. The number of piperazine rings is 1. The number of ether oxygens (including phenoxy) is 1. The number of aryl methyl sites for hydroxylation is 1. The zero-order chi connectivity index (χ0) is 19.4. The minimum atomic E-state index is -0.984. The maximum absolute atomic E-state index is 13.7. The molecule has 166 valence electrons. The second-order valence-electron chi connectivity index (χ2n) is 6.41. The Morgan fingerprint density at radius 3 is 2.47 bits per heavy atom. The lowest BCUT2D eigenvalue weighted by Gasteiger charge is -2.30. The Bertz CT molecular complexity index is 925. The number of nitrogens with one attached hydrogen (secondary N) is 1. The maximum atomic E-state index is 13.7. The zero-order valence-electron chi connectivity index (χ0n) is 16.8. The first-order chi connectivity index (χ1) is 13.0. The van der Waals surface area contributed by atoms with Crippen LogP contribution in [0.5, 0.6) is 5.75 Å². The number of allylic oxidation sites excluding steroid dienone is 4. The van der Waals surface area contributed by atoms with Crippen molar-refractivity contribution in [3.63, 3.8) is 0 Å². The Kier molecular flexibility index (Phi) is 12.0. The summed E-state index contributed by atoms with van der Waals surface area (Å²) in [6, 6.07) is 5.92. The molecule has 2 heterocycles. The van der Waals surface area contributed by atoms with E-state index in [1.807, 2.05) is 25.1 Å². The monoisotopic (exact) mass is 479 g/mol. The Hall–Kier alpha value is -1.86. The van der Waals surface area contributed by atoms with Crippen molar-refractivity contribution in [1.29, 1.82) is 0 Å². The summed E-state index contributed by atoms with van der Waals surface area (Å²) in [4.78, 5) is 6.89. The van der Waals surface area contributed by atoms with Crippen molar-refractivity contribution in [1.82, 2.24) is 10.3 Å². The van der Waals surface area contributed by atoms with Gasteiger partial charge in [-0.1, -0.05) is 12.6 Å². The third-order valence-electron chi connectivity index (χ3n) is 4.48. The van der Waals surface area contributed by atoms with Gasteiger partial charge in [-0.05, 0) is 32.1 Å². The zero-order valence-corrected chi connectivity index (χ0v) is 19.2. The minimum Gasteiger partial charge on any atom is -0.456 e. The first kappa shape index (κ1) is 28.1. The quantitative estimate of drug-likeness (QED) is 0.431. The normalized spacial score (nSPS) is 14.7. The molecule has 1 aliphatic rings. The molecular formula is C21H26Cl3F2N3O. The molecule has 0 saturated carbocycles. The van der Waals surface area contributed by atoms with Gasteiger partial charge in [-0.15, -0.1) is 37.2 Å². The van der Waals surface area contributed by atoms with Gasteiger partial charge in [0.1, 0.15) is 17.3 Å². The second kappa shape index (κ2) is 12.7. The molecule has 1 saturated heterocycles. The molecule has 1 aromatic heterocycles. The van der Waals surface area contributed by atoms with Crippen LogP contribution in [0.3, 0.4) is 0 Å². The Morgan fingerprint density at radius 2 is 1.87 bits per heavy atom. The molecule has 9 heteroatoms. The van der Waals surface area contributed by atoms with Gasteiger partial charge in [-0.3, -0.25) is 4.98 Å². The van der Waals surface area contributed by atoms with Crippen LogP contribution in [0, 0.1) is 6.92 Å². The number of pyridine rings is 1. The number of hydrogen-bond acceptors (Lipinski definition) is 4. The minimum absolute atomic E-state index is 0. The molecule has 0 unspecified atom stereocenters. The fourth-order valence-corrected chi connectivity index (χ4v) is 3.05. The topological polar surface area (TPSA) is 37.4 Å². The van der Waals surface area contributed by atoms with Crippen molar-refractivity contribution < 1.29 is 13.5 Å². The molecule has 3 rings (SSSR count). The number of rotatable bonds is 5. The van der Waals surface area contributed by atoms with E-state index in [1.54, 1.807) is 6.20 Å². The third kappa shape index (κ3) is 6.32. The van der Waals surface area contributed by atoms with Crippen molar-refractivity contribution in [3.8, 4) is 5.75 Å². The van der Waals surface area contributed by atoms with Crippen molar-refractivity contribution in [2.45, 2.75) is 13.8 Å². The highest BCUT2D eigenvalue weighted by Gasteiger charge is 2.17. The largest absolute Gasteiger partial charge is 0.456 e. The van der Waals surface area contributed by atoms with Crippen LogP contribution in [0.25, 0.3) is 10.9 Å². The maximum Gasteiger partial charge on any atom is 0.157 e. The molecule has 4 nitrogen and oxygen atoms in total. The van der Waals surface area contributed by atoms with Crippen LogP contribution < -0.4 is 15.0 Å². The number of hydrogen-bond donors (Lipinski definition) is 1. The molecule has 1 fully saturated rings. The SMILES string of the molecule is C=CC(=CC(F)=C(C)F)Oc1c(C)cnc2c(N3CCNCC3)cccc12.Cl.Cl.Cl. The molecule has 1 aliphatic heterocycles. The summed E-state index contributed by atoms with van der Waals surface area (Å²) in [5.41, 5.74) is 2.66. The van der Waals surface area contributed by atoms with Crippen LogP contribution in [0.1, 0.15) is 12.5 Å². The summed E-state index contributed by atoms with van der Waals surface area (Å²) in [5, 5.41) is 4.16. The van der Waals surface area contributed by atoms with Crippen LogP contribution >= 0.6 is 37.2 Å². The first-order valence-corrected chi connectivity index (χ1v) is 8.89. The van der Waals surface area contributed by atoms with E-state index >= 15 is 0 Å². The lowest BCUT2D eigenvalue weighted by atomic mass is 10.1. The van der Waals surface area contributed by atoms with E-state index in [0.29, 0.717) is 5.75 Å². The molecule has 30 heavy (non-hydrogen) atoms. The van der Waals surface area contributed by atoms with E-state index in [4.69, 9.17) is 4.74 Å². The number of aromatic nitrogens is 1. The summed E-state index contributed by atoms with van der Waals surface area (Å²) < 4.78 is 32.6. The lowest BCUT2D eigenvalue weighted by molar-refractivity contribution is 0.441. The third-order valence-corrected chi connectivity index (χ3v) is 4.48. The standard InChI is InChI=1S/C21H23F2N3O.3ClH/c1-4-16(12-18(23)15(3)22)27-21-14(2)13-25-20-17(21)6-5-7-19(20)26-10-8-24-9-11-26;;;/h4-7,12-13,24H,1,8-11H2,2-3H3;3*1H. The van der Waals surface area contributed by atoms with Crippen LogP contribution in [0.2, 0.25) is 0 Å². The van der Waals surface area contributed by atoms with E-state index in [9.17, 15) is 8.78 Å². The number of nitrogens with zero attached hydrogens (tertiary/aromatic N) is 2. The van der Waals surface area contributed by atoms with Crippen molar-refractivity contribution in [3.05, 3.63) is 66.1 Å². The second-order valence-corrected chi connectivity index (χ2v) is 6.41. The Labute approximate surface area is 194 Å². The number of anilines is 1. The number of halogens is 5. The predicted molar refractivity (Wildman–Crippen MR) is 127 cm³/mol. The fraction of sp³-hybridized carbons (Fsp3) is 0.286. The van der Waals surface area contributed by atoms with E-state index in [0.717, 1.165) is 61.3 Å². The number of fused-ring (bicyclic) bond motifs is 1. The van der Waals surface area contributed by atoms with Gasteiger partial charge in [0.2, 0.25) is 0 Å². The smallest absolute Gasteiger partial charge is 0.157 e. The molecule has 0 amide bonds. The Morgan fingerprint density at radius 1 is 1.20 bits per heavy atom. The van der Waals surface area contributed by atoms with Gasteiger partial charge < -0.3 is 15.0 Å². The summed E-state index contributed by atoms with van der Waals surface area (Å²) in [5.74, 6) is -1.20. The van der Waals surface area contributed by atoms with E-state index in [2.05, 4.69) is 21.8 Å². The van der Waals surface area contributed by atoms with Crippen molar-refractivity contribution >= 4 is 53.8 Å². The fourth-order valence-electron chi connectivity index (χ4n) is 3.05. The van der Waals surface area contributed by atoms with Gasteiger partial charge in [-0.2, -0.15) is 0 Å². The summed E-state index contributed by atoms with van der Waals surface area (Å²) in [6.07, 6.45) is 4.08. The van der Waals surface area contributed by atoms with Crippen LogP contribution in [0.4, 0.5) is 14.5 Å². The van der Waals surface area contributed by atoms with Gasteiger partial charge >= 0.3 is 0 Å². The number of benzene rings is 1. The Balaban J connectivity index is 0.00000280. The molecular weight excluding hydrogens is 455 g/mol. The molecule has 1 aromatic carbocycles. The van der Waals surface area contributed by atoms with Crippen LogP contribution in [0.15, 0.2) is 60.5 Å². The molecule has 0 aliphatic carbocycles. The summed E-state index contributed by atoms with van der Waals surface area (Å²) >= 11 is 0. The molecule has 0 atom stereocenters. The molecule has 0 bridgehead atoms. The van der Waals surface area contributed by atoms with Crippen molar-refractivity contribution in [2.24, 2.45) is 0 Å². The molecule has 1 N–H and O–H groups in total. The highest BCUT2D eigenvalue weighted by molar-refractivity contribution is 5.95. The van der Waals surface area contributed by atoms with Gasteiger partial charge in [0, 0.05) is 49.4 Å². The van der Waals surface area contributed by atoms with Gasteiger partial charge in [0.15, 0.2) is 5.83 Å². The van der Waals surface area contributed by atoms with E-state index < -0.39 is 11.7 Å². The van der Waals surface area contributed by atoms with Gasteiger partial charge in [0.05, 0.1) is 11.2 Å². The average molecular weight is 481 g/mol. The lowest BCUT2D eigenvalue weighted by Crippen LogP contribution is -2.43. The van der Waals surface area contributed by atoms with Crippen LogP contribution in [-0.2, 0) is 0 Å². The van der Waals surface area contributed by atoms with Gasteiger partial charge in [0.25, 0.3) is 0 Å². The number of para-hydroxylation sites is 1. The average Bonchev–Trinajstić information content (AvgIpc) is 2.69. The highest BCUT2D eigenvalue weighted by Crippen LogP contribution is 2.35.